The molecule has 2 aromatic rings. The third-order valence-electron chi connectivity index (χ3n) is 6.60. The summed E-state index contributed by atoms with van der Waals surface area (Å²) >= 11 is 1.43. The van der Waals surface area contributed by atoms with Crippen LogP contribution in [-0.4, -0.2) is 34.9 Å². The standard InChI is InChI=1S/C25H31N5O2S/c26-16-21-20-12-15-30(25(32)28-14-11-19-8-4-5-13-27-19)17-22(20)33-24(21)29-23(31)10-9-18-6-2-1-3-7-18/h4-5,8,13,18H,1-3,6-7,9-12,14-15,17H2,(H,28,32)(H,29,31). The number of aromatic nitrogens is 1. The van der Waals surface area contributed by atoms with Crippen LogP contribution < -0.4 is 10.6 Å². The summed E-state index contributed by atoms with van der Waals surface area (Å²) in [6, 6.07) is 7.92. The maximum absolute atomic E-state index is 12.6. The number of carbonyl (C=O) groups excluding carboxylic acids is 2. The van der Waals surface area contributed by atoms with Crippen molar-refractivity contribution in [3.63, 3.8) is 0 Å². The van der Waals surface area contributed by atoms with Crippen molar-refractivity contribution in [3.05, 3.63) is 46.1 Å². The van der Waals surface area contributed by atoms with E-state index in [1.165, 1.54) is 43.4 Å². The van der Waals surface area contributed by atoms with E-state index < -0.39 is 0 Å². The number of hydrogen-bond acceptors (Lipinski definition) is 5. The summed E-state index contributed by atoms with van der Waals surface area (Å²) in [6.07, 6.45) is 10.8. The topological polar surface area (TPSA) is 98.1 Å². The Morgan fingerprint density at radius 2 is 2.09 bits per heavy atom. The Balaban J connectivity index is 1.30. The molecule has 0 unspecified atom stereocenters. The van der Waals surface area contributed by atoms with E-state index in [-0.39, 0.29) is 11.9 Å². The molecule has 1 fully saturated rings. The molecule has 8 heteroatoms. The summed E-state index contributed by atoms with van der Waals surface area (Å²) in [5, 5.41) is 16.3. The van der Waals surface area contributed by atoms with Crippen LogP contribution in [0.2, 0.25) is 0 Å². The molecule has 0 saturated heterocycles. The SMILES string of the molecule is N#Cc1c(NC(=O)CCC2CCCCC2)sc2c1CCN(C(=O)NCCc1ccccn1)C2. The minimum absolute atomic E-state index is 0.0141. The maximum Gasteiger partial charge on any atom is 0.317 e. The van der Waals surface area contributed by atoms with E-state index in [0.717, 1.165) is 22.6 Å². The molecule has 3 amide bonds. The van der Waals surface area contributed by atoms with Crippen LogP contribution in [0.25, 0.3) is 0 Å². The van der Waals surface area contributed by atoms with E-state index >= 15 is 0 Å². The molecule has 1 aliphatic carbocycles. The molecule has 2 aromatic heterocycles. The molecule has 3 heterocycles. The highest BCUT2D eigenvalue weighted by Gasteiger charge is 2.27. The van der Waals surface area contributed by atoms with Crippen molar-refractivity contribution >= 4 is 28.3 Å². The quantitative estimate of drug-likeness (QED) is 0.623. The normalized spacial score (nSPS) is 16.0. The zero-order valence-corrected chi connectivity index (χ0v) is 19.8. The molecular formula is C25H31N5O2S. The Bertz CT molecular complexity index is 1010. The second-order valence-corrected chi connectivity index (χ2v) is 9.99. The van der Waals surface area contributed by atoms with Crippen molar-refractivity contribution in [2.75, 3.05) is 18.4 Å². The van der Waals surface area contributed by atoms with Crippen molar-refractivity contribution in [2.24, 2.45) is 5.92 Å². The van der Waals surface area contributed by atoms with Crippen LogP contribution in [-0.2, 0) is 24.2 Å². The van der Waals surface area contributed by atoms with Gasteiger partial charge in [-0.05, 0) is 36.5 Å². The first kappa shape index (κ1) is 23.2. The monoisotopic (exact) mass is 465 g/mol. The molecule has 0 bridgehead atoms. The molecular weight excluding hydrogens is 434 g/mol. The van der Waals surface area contributed by atoms with Crippen molar-refractivity contribution in [3.8, 4) is 6.07 Å². The molecule has 0 aromatic carbocycles. The summed E-state index contributed by atoms with van der Waals surface area (Å²) in [5.74, 6) is 0.640. The van der Waals surface area contributed by atoms with Gasteiger partial charge in [0.2, 0.25) is 5.91 Å². The van der Waals surface area contributed by atoms with Crippen LogP contribution in [0, 0.1) is 17.2 Å². The number of pyridine rings is 1. The van der Waals surface area contributed by atoms with Crippen LogP contribution in [0.4, 0.5) is 9.80 Å². The number of nitrogens with one attached hydrogen (secondary N) is 2. The molecule has 33 heavy (non-hydrogen) atoms. The van der Waals surface area contributed by atoms with E-state index in [1.54, 1.807) is 11.1 Å². The molecule has 2 N–H and O–H groups in total. The Kier molecular flexibility index (Phi) is 7.95. The number of thiophene rings is 1. The fourth-order valence-corrected chi connectivity index (χ4v) is 5.97. The minimum Gasteiger partial charge on any atom is -0.338 e. The molecule has 174 valence electrons. The third-order valence-corrected chi connectivity index (χ3v) is 7.73. The molecule has 4 rings (SSSR count). The zero-order chi connectivity index (χ0) is 23.0. The number of carbonyl (C=O) groups is 2. The van der Waals surface area contributed by atoms with Crippen LogP contribution in [0.15, 0.2) is 24.4 Å². The van der Waals surface area contributed by atoms with Gasteiger partial charge in [-0.3, -0.25) is 9.78 Å². The Labute approximate surface area is 199 Å². The van der Waals surface area contributed by atoms with Crippen LogP contribution in [0.5, 0.6) is 0 Å². The van der Waals surface area contributed by atoms with Gasteiger partial charge >= 0.3 is 6.03 Å². The fraction of sp³-hybridized carbons (Fsp3) is 0.520. The number of nitrogens with zero attached hydrogens (tertiary/aromatic N) is 3. The van der Waals surface area contributed by atoms with E-state index in [9.17, 15) is 14.9 Å². The first-order chi connectivity index (χ1) is 16.1. The number of hydrogen-bond donors (Lipinski definition) is 2. The highest BCUT2D eigenvalue weighted by atomic mass is 32.1. The van der Waals surface area contributed by atoms with Gasteiger partial charge < -0.3 is 15.5 Å². The predicted molar refractivity (Wildman–Crippen MR) is 129 cm³/mol. The second-order valence-electron chi connectivity index (χ2n) is 8.89. The molecule has 7 nitrogen and oxygen atoms in total. The largest absolute Gasteiger partial charge is 0.338 e. The van der Waals surface area contributed by atoms with Gasteiger partial charge in [0.15, 0.2) is 0 Å². The van der Waals surface area contributed by atoms with E-state index in [0.29, 0.717) is 55.4 Å². The number of nitriles is 1. The molecule has 0 spiro atoms. The van der Waals surface area contributed by atoms with Crippen molar-refractivity contribution < 1.29 is 9.59 Å². The van der Waals surface area contributed by atoms with Gasteiger partial charge in [-0.15, -0.1) is 11.3 Å². The van der Waals surface area contributed by atoms with Gasteiger partial charge in [0.05, 0.1) is 12.1 Å². The van der Waals surface area contributed by atoms with E-state index in [1.807, 2.05) is 18.2 Å². The van der Waals surface area contributed by atoms with Crippen LogP contribution in [0.1, 0.15) is 66.6 Å². The molecule has 0 atom stereocenters. The lowest BCUT2D eigenvalue weighted by Crippen LogP contribution is -2.43. The minimum atomic E-state index is -0.110. The fourth-order valence-electron chi connectivity index (χ4n) is 4.74. The van der Waals surface area contributed by atoms with Crippen molar-refractivity contribution in [1.29, 1.82) is 5.26 Å². The highest BCUT2D eigenvalue weighted by molar-refractivity contribution is 7.16. The third kappa shape index (κ3) is 6.11. The summed E-state index contributed by atoms with van der Waals surface area (Å²) in [7, 11) is 0. The van der Waals surface area contributed by atoms with Crippen LogP contribution >= 0.6 is 11.3 Å². The maximum atomic E-state index is 12.6. The summed E-state index contributed by atoms with van der Waals surface area (Å²) in [5.41, 5.74) is 2.48. The number of urea groups is 1. The number of rotatable bonds is 7. The lowest BCUT2D eigenvalue weighted by molar-refractivity contribution is -0.116. The molecule has 0 radical (unpaired) electrons. The summed E-state index contributed by atoms with van der Waals surface area (Å²) < 4.78 is 0. The summed E-state index contributed by atoms with van der Waals surface area (Å²) in [6.45, 7) is 1.54. The Morgan fingerprint density at radius 3 is 2.85 bits per heavy atom. The number of amides is 3. The Hall–Kier alpha value is -2.92. The van der Waals surface area contributed by atoms with Crippen molar-refractivity contribution in [2.45, 2.75) is 64.3 Å². The number of anilines is 1. The van der Waals surface area contributed by atoms with E-state index in [2.05, 4.69) is 21.7 Å². The van der Waals surface area contributed by atoms with Gasteiger partial charge in [0.25, 0.3) is 0 Å². The van der Waals surface area contributed by atoms with Crippen LogP contribution in [0.3, 0.4) is 0 Å². The molecule has 1 saturated carbocycles. The van der Waals surface area contributed by atoms with Gasteiger partial charge in [-0.25, -0.2) is 4.79 Å². The average molecular weight is 466 g/mol. The zero-order valence-electron chi connectivity index (χ0n) is 18.9. The first-order valence-corrected chi connectivity index (χ1v) is 12.7. The summed E-state index contributed by atoms with van der Waals surface area (Å²) in [4.78, 5) is 32.2. The molecule has 2 aliphatic rings. The first-order valence-electron chi connectivity index (χ1n) is 11.9. The van der Waals surface area contributed by atoms with Crippen molar-refractivity contribution in [1.82, 2.24) is 15.2 Å². The highest BCUT2D eigenvalue weighted by Crippen LogP contribution is 2.37. The van der Waals surface area contributed by atoms with E-state index in [4.69, 9.17) is 0 Å². The smallest absolute Gasteiger partial charge is 0.317 e. The Morgan fingerprint density at radius 1 is 1.24 bits per heavy atom. The predicted octanol–water partition coefficient (Wildman–Crippen LogP) is 4.62. The lowest BCUT2D eigenvalue weighted by atomic mass is 9.86. The van der Waals surface area contributed by atoms with Gasteiger partial charge in [-0.2, -0.15) is 5.26 Å². The van der Waals surface area contributed by atoms with Gasteiger partial charge in [0, 0.05) is 42.7 Å². The van der Waals surface area contributed by atoms with Gasteiger partial charge in [0.1, 0.15) is 11.1 Å². The lowest BCUT2D eigenvalue weighted by Gasteiger charge is -2.27. The number of fused-ring (bicyclic) bond motifs is 1. The molecule has 1 aliphatic heterocycles. The van der Waals surface area contributed by atoms with Gasteiger partial charge in [-0.1, -0.05) is 38.2 Å². The second kappa shape index (κ2) is 11.3. The average Bonchev–Trinajstić information content (AvgIpc) is 3.20.